The second-order valence-electron chi connectivity index (χ2n) is 10.6. The first-order valence-electron chi connectivity index (χ1n) is 13.9. The zero-order chi connectivity index (χ0) is 27.8. The number of hydrogen-bond acceptors (Lipinski definition) is 4. The molecule has 0 aliphatic rings. The second kappa shape index (κ2) is 8.59. The molecule has 0 fully saturated rings. The van der Waals surface area contributed by atoms with E-state index in [1.807, 2.05) is 31.6 Å². The van der Waals surface area contributed by atoms with Crippen LogP contribution in [0, 0.1) is 6.92 Å². The molecule has 0 spiro atoms. The third kappa shape index (κ3) is 3.22. The van der Waals surface area contributed by atoms with E-state index in [1.165, 1.54) is 10.8 Å². The highest BCUT2D eigenvalue weighted by Crippen LogP contribution is 2.33. The van der Waals surface area contributed by atoms with E-state index in [0.29, 0.717) is 5.65 Å². The number of rotatable bonds is 3. The molecule has 0 saturated heterocycles. The number of pyridine rings is 3. The van der Waals surface area contributed by atoms with E-state index < -0.39 is 0 Å². The van der Waals surface area contributed by atoms with Gasteiger partial charge < -0.3 is 0 Å². The van der Waals surface area contributed by atoms with E-state index in [2.05, 4.69) is 121 Å². The highest BCUT2D eigenvalue weighted by molar-refractivity contribution is 6.09. The van der Waals surface area contributed by atoms with Gasteiger partial charge in [-0.3, -0.25) is 18.5 Å². The Kier molecular flexibility index (Phi) is 4.69. The van der Waals surface area contributed by atoms with Crippen LogP contribution < -0.4 is 0 Å². The van der Waals surface area contributed by atoms with E-state index in [-0.39, 0.29) is 0 Å². The summed E-state index contributed by atoms with van der Waals surface area (Å²) < 4.78 is 6.57. The van der Waals surface area contributed by atoms with Crippen LogP contribution in [-0.2, 0) is 0 Å². The predicted octanol–water partition coefficient (Wildman–Crippen LogP) is 7.69. The maximum absolute atomic E-state index is 5.19. The van der Waals surface area contributed by atoms with Crippen LogP contribution in [-0.4, -0.2) is 33.5 Å². The van der Waals surface area contributed by atoms with Gasteiger partial charge in [0.15, 0.2) is 5.65 Å². The second-order valence-corrected chi connectivity index (χ2v) is 10.6. The summed E-state index contributed by atoms with van der Waals surface area (Å²) in [6.45, 7) is 2.05. The van der Waals surface area contributed by atoms with Crippen LogP contribution in [0.15, 0.2) is 122 Å². The van der Waals surface area contributed by atoms with Crippen molar-refractivity contribution in [2.75, 3.05) is 0 Å². The minimum absolute atomic E-state index is 0.715. The first-order valence-corrected chi connectivity index (χ1v) is 13.9. The van der Waals surface area contributed by atoms with Crippen molar-refractivity contribution in [3.8, 4) is 22.8 Å². The summed E-state index contributed by atoms with van der Waals surface area (Å²) in [5.74, 6) is 1.69. The zero-order valence-electron chi connectivity index (χ0n) is 22.7. The number of para-hydroxylation sites is 2. The van der Waals surface area contributed by atoms with Crippen molar-refractivity contribution < 1.29 is 0 Å². The summed E-state index contributed by atoms with van der Waals surface area (Å²) in [7, 11) is 0. The number of nitrogens with zero attached hydrogens (tertiary/aromatic N) is 7. The quantitative estimate of drug-likeness (QED) is 0.230. The van der Waals surface area contributed by atoms with Gasteiger partial charge in [-0.05, 0) is 61.0 Å². The normalized spacial score (nSPS) is 11.9. The lowest BCUT2D eigenvalue weighted by atomic mass is 10.1. The van der Waals surface area contributed by atoms with Gasteiger partial charge in [0.1, 0.15) is 5.82 Å². The fourth-order valence-corrected chi connectivity index (χ4v) is 6.22. The molecule has 9 rings (SSSR count). The van der Waals surface area contributed by atoms with Gasteiger partial charge in [0.2, 0.25) is 5.78 Å². The molecule has 0 amide bonds. The van der Waals surface area contributed by atoms with Crippen molar-refractivity contribution in [1.29, 1.82) is 0 Å². The molecular weight excluding hydrogens is 518 g/mol. The van der Waals surface area contributed by atoms with E-state index >= 15 is 0 Å². The summed E-state index contributed by atoms with van der Waals surface area (Å²) in [4.78, 5) is 19.2. The van der Waals surface area contributed by atoms with Gasteiger partial charge in [0.25, 0.3) is 0 Å². The lowest BCUT2D eigenvalue weighted by Gasteiger charge is -2.11. The number of hydrogen-bond donors (Lipinski definition) is 0. The molecule has 6 aromatic heterocycles. The molecule has 198 valence electrons. The summed E-state index contributed by atoms with van der Waals surface area (Å²) in [5.41, 5.74) is 9.99. The molecule has 0 radical (unpaired) electrons. The first kappa shape index (κ1) is 22.9. The maximum atomic E-state index is 5.19. The van der Waals surface area contributed by atoms with Crippen molar-refractivity contribution in [1.82, 2.24) is 33.5 Å². The molecule has 6 heterocycles. The molecule has 0 aliphatic heterocycles. The number of fused-ring (bicyclic) bond motifs is 8. The van der Waals surface area contributed by atoms with Crippen LogP contribution >= 0.6 is 0 Å². The third-order valence-corrected chi connectivity index (χ3v) is 8.03. The molecule has 0 atom stereocenters. The van der Waals surface area contributed by atoms with Crippen molar-refractivity contribution in [3.63, 3.8) is 0 Å². The summed E-state index contributed by atoms with van der Waals surface area (Å²) in [5, 5.41) is 2.44. The molecular formula is C35H23N7. The van der Waals surface area contributed by atoms with Gasteiger partial charge in [-0.2, -0.15) is 4.98 Å². The summed E-state index contributed by atoms with van der Waals surface area (Å²) in [6, 6.07) is 35.9. The van der Waals surface area contributed by atoms with Crippen molar-refractivity contribution in [2.45, 2.75) is 6.92 Å². The van der Waals surface area contributed by atoms with E-state index in [4.69, 9.17) is 9.97 Å². The lowest BCUT2D eigenvalue weighted by Crippen LogP contribution is -1.99. The fourth-order valence-electron chi connectivity index (χ4n) is 6.22. The van der Waals surface area contributed by atoms with Gasteiger partial charge in [-0.25, -0.2) is 9.97 Å². The molecule has 0 unspecified atom stereocenters. The topological polar surface area (TPSA) is 65.8 Å². The highest BCUT2D eigenvalue weighted by Gasteiger charge is 2.19. The number of aryl methyl sites for hydroxylation is 1. The maximum Gasteiger partial charge on any atom is 0.222 e. The van der Waals surface area contributed by atoms with Gasteiger partial charge >= 0.3 is 0 Å². The number of benzene rings is 3. The number of aromatic nitrogens is 7. The summed E-state index contributed by atoms with van der Waals surface area (Å²) >= 11 is 0. The Labute approximate surface area is 240 Å². The predicted molar refractivity (Wildman–Crippen MR) is 167 cm³/mol. The van der Waals surface area contributed by atoms with E-state index in [1.54, 1.807) is 0 Å². The monoisotopic (exact) mass is 541 g/mol. The molecule has 3 aromatic carbocycles. The molecule has 9 aromatic rings. The Morgan fingerprint density at radius 2 is 1.38 bits per heavy atom. The average molecular weight is 542 g/mol. The van der Waals surface area contributed by atoms with Crippen LogP contribution in [0.5, 0.6) is 0 Å². The molecule has 7 heteroatoms. The van der Waals surface area contributed by atoms with Crippen molar-refractivity contribution in [3.05, 3.63) is 127 Å². The molecule has 7 nitrogen and oxygen atoms in total. The van der Waals surface area contributed by atoms with Crippen LogP contribution in [0.1, 0.15) is 5.56 Å². The van der Waals surface area contributed by atoms with Gasteiger partial charge in [0.05, 0.1) is 39.5 Å². The van der Waals surface area contributed by atoms with Crippen LogP contribution in [0.3, 0.4) is 0 Å². The molecule has 0 saturated carbocycles. The Morgan fingerprint density at radius 1 is 0.595 bits per heavy atom. The molecule has 0 bridgehead atoms. The average Bonchev–Trinajstić information content (AvgIpc) is 3.68. The van der Waals surface area contributed by atoms with Gasteiger partial charge in [-0.1, -0.05) is 54.6 Å². The molecule has 0 N–H and O–H groups in total. The first-order chi connectivity index (χ1) is 20.7. The minimum atomic E-state index is 0.715. The largest absolute Gasteiger partial charge is 0.294 e. The smallest absolute Gasteiger partial charge is 0.222 e. The lowest BCUT2D eigenvalue weighted by molar-refractivity contribution is 1.08. The van der Waals surface area contributed by atoms with Crippen molar-refractivity contribution >= 4 is 49.8 Å². The van der Waals surface area contributed by atoms with Gasteiger partial charge in [0, 0.05) is 34.4 Å². The standard InChI is InChI=1S/C35H23N7/c1-22-18-31-34(37-20-22)39-35-40(30-16-17-36-21-32(30)42(31)35)24-9-6-8-23(19-24)27-12-7-15-33(38-27)41-28-13-4-2-10-25(28)26-11-3-5-14-29(26)41/h2-21H,1H3. The Hall–Kier alpha value is -5.82. The van der Waals surface area contributed by atoms with E-state index in [9.17, 15) is 0 Å². The molecule has 42 heavy (non-hydrogen) atoms. The minimum Gasteiger partial charge on any atom is -0.294 e. The van der Waals surface area contributed by atoms with Gasteiger partial charge in [-0.15, -0.1) is 0 Å². The Balaban J connectivity index is 1.24. The fraction of sp³-hybridized carbons (Fsp3) is 0.0286. The highest BCUT2D eigenvalue weighted by atomic mass is 15.2. The Bertz CT molecular complexity index is 2440. The third-order valence-electron chi connectivity index (χ3n) is 8.03. The van der Waals surface area contributed by atoms with Crippen molar-refractivity contribution in [2.24, 2.45) is 0 Å². The summed E-state index contributed by atoms with van der Waals surface area (Å²) in [6.07, 6.45) is 5.57. The van der Waals surface area contributed by atoms with Crippen LogP contribution in [0.4, 0.5) is 0 Å². The van der Waals surface area contributed by atoms with Crippen LogP contribution in [0.25, 0.3) is 72.5 Å². The zero-order valence-corrected chi connectivity index (χ0v) is 22.7. The Morgan fingerprint density at radius 3 is 2.21 bits per heavy atom. The van der Waals surface area contributed by atoms with E-state index in [0.717, 1.165) is 61.7 Å². The molecule has 0 aliphatic carbocycles. The number of imidazole rings is 2. The van der Waals surface area contributed by atoms with Crippen LogP contribution in [0.2, 0.25) is 0 Å². The SMILES string of the molecule is Cc1cnc2nc3n(-c4cccc(-c5cccc(-n6c7ccccc7c7ccccc76)n5)c4)c4ccncc4n3c2c1.